The predicted molar refractivity (Wildman–Crippen MR) is 43.8 cm³/mol. The molecule has 0 aromatic rings. The molecule has 0 N–H and O–H groups in total. The van der Waals surface area contributed by atoms with Gasteiger partial charge in [0.05, 0.1) is 0 Å². The van der Waals surface area contributed by atoms with Crippen LogP contribution in [0.5, 0.6) is 0 Å². The van der Waals surface area contributed by atoms with Crippen molar-refractivity contribution in [3.63, 3.8) is 0 Å². The van der Waals surface area contributed by atoms with E-state index in [0.29, 0.717) is 5.41 Å². The van der Waals surface area contributed by atoms with Crippen LogP contribution in [-0.4, -0.2) is 0 Å². The molecule has 2 rings (SSSR count). The number of fused-ring (bicyclic) bond motifs is 1. The second kappa shape index (κ2) is 1.78. The van der Waals surface area contributed by atoms with E-state index in [0.717, 1.165) is 17.8 Å². The summed E-state index contributed by atoms with van der Waals surface area (Å²) in [6, 6.07) is 0. The van der Waals surface area contributed by atoms with Gasteiger partial charge in [-0.15, -0.1) is 0 Å². The fourth-order valence-corrected chi connectivity index (χ4v) is 3.28. The second-order valence-corrected chi connectivity index (χ2v) is 4.81. The van der Waals surface area contributed by atoms with Crippen molar-refractivity contribution < 1.29 is 0 Å². The van der Waals surface area contributed by atoms with Gasteiger partial charge in [-0.05, 0) is 36.0 Å². The number of rotatable bonds is 0. The van der Waals surface area contributed by atoms with E-state index >= 15 is 0 Å². The Morgan fingerprint density at radius 2 is 1.90 bits per heavy atom. The van der Waals surface area contributed by atoms with Gasteiger partial charge in [0.25, 0.3) is 0 Å². The smallest absolute Gasteiger partial charge is 0.0295 e. The van der Waals surface area contributed by atoms with Crippen LogP contribution in [-0.2, 0) is 0 Å². The lowest BCUT2D eigenvalue weighted by Gasteiger charge is -2.55. The summed E-state index contributed by atoms with van der Waals surface area (Å²) in [5.74, 6) is 3.19. The van der Waals surface area contributed by atoms with Crippen molar-refractivity contribution in [2.45, 2.75) is 40.0 Å². The molecule has 3 unspecified atom stereocenters. The third-order valence-corrected chi connectivity index (χ3v) is 4.34. The molecule has 0 radical (unpaired) electrons. The maximum absolute atomic E-state index is 2.45. The minimum Gasteiger partial charge on any atom is -0.0617 e. The van der Waals surface area contributed by atoms with Crippen molar-refractivity contribution in [2.24, 2.45) is 23.2 Å². The molecule has 0 bridgehead atoms. The van der Waals surface area contributed by atoms with E-state index in [2.05, 4.69) is 20.8 Å². The largest absolute Gasteiger partial charge is 0.0617 e. The minimum atomic E-state index is 0.682. The fourth-order valence-electron chi connectivity index (χ4n) is 3.28. The normalized spacial score (nSPS) is 50.1. The Morgan fingerprint density at radius 1 is 1.20 bits per heavy atom. The third kappa shape index (κ3) is 0.580. The van der Waals surface area contributed by atoms with Gasteiger partial charge in [0.1, 0.15) is 0 Å². The maximum atomic E-state index is 2.45. The van der Waals surface area contributed by atoms with Gasteiger partial charge >= 0.3 is 0 Å². The van der Waals surface area contributed by atoms with E-state index in [-0.39, 0.29) is 0 Å². The van der Waals surface area contributed by atoms with Crippen LogP contribution in [0.2, 0.25) is 0 Å². The average Bonchev–Trinajstić information content (AvgIpc) is 2.31. The van der Waals surface area contributed by atoms with E-state index in [1.807, 2.05) is 0 Å². The first-order valence-electron chi connectivity index (χ1n) is 4.64. The van der Waals surface area contributed by atoms with Crippen molar-refractivity contribution in [2.75, 3.05) is 0 Å². The summed E-state index contributed by atoms with van der Waals surface area (Å²) < 4.78 is 0. The number of hydrogen-bond donors (Lipinski definition) is 0. The molecule has 2 aliphatic carbocycles. The summed E-state index contributed by atoms with van der Waals surface area (Å²) >= 11 is 0. The van der Waals surface area contributed by atoms with E-state index in [1.54, 1.807) is 0 Å². The molecule has 3 atom stereocenters. The Bertz CT molecular complexity index is 146. The SMILES string of the molecule is CC1C2CCCC2C1(C)C. The van der Waals surface area contributed by atoms with Gasteiger partial charge in [0.15, 0.2) is 0 Å². The van der Waals surface area contributed by atoms with E-state index in [9.17, 15) is 0 Å². The summed E-state index contributed by atoms with van der Waals surface area (Å²) in [4.78, 5) is 0. The molecule has 0 aliphatic heterocycles. The maximum Gasteiger partial charge on any atom is -0.0295 e. The molecule has 10 heavy (non-hydrogen) atoms. The Morgan fingerprint density at radius 3 is 2.50 bits per heavy atom. The van der Waals surface area contributed by atoms with E-state index in [1.165, 1.54) is 19.3 Å². The van der Waals surface area contributed by atoms with Crippen molar-refractivity contribution in [1.29, 1.82) is 0 Å². The number of hydrogen-bond acceptors (Lipinski definition) is 0. The van der Waals surface area contributed by atoms with Gasteiger partial charge in [0, 0.05) is 0 Å². The predicted octanol–water partition coefficient (Wildman–Crippen LogP) is 3.08. The van der Waals surface area contributed by atoms with Crippen LogP contribution < -0.4 is 0 Å². The lowest BCUT2D eigenvalue weighted by Crippen LogP contribution is -2.49. The molecular formula is C10H18. The third-order valence-electron chi connectivity index (χ3n) is 4.34. The quantitative estimate of drug-likeness (QED) is 0.482. The Hall–Kier alpha value is 0. The van der Waals surface area contributed by atoms with Crippen LogP contribution in [0.3, 0.4) is 0 Å². The van der Waals surface area contributed by atoms with Crippen LogP contribution in [0.4, 0.5) is 0 Å². The van der Waals surface area contributed by atoms with Gasteiger partial charge in [-0.25, -0.2) is 0 Å². The van der Waals surface area contributed by atoms with E-state index in [4.69, 9.17) is 0 Å². The molecule has 0 heterocycles. The van der Waals surface area contributed by atoms with Gasteiger partial charge in [-0.1, -0.05) is 27.2 Å². The summed E-state index contributed by atoms with van der Waals surface area (Å²) in [6.45, 7) is 7.33. The first-order chi connectivity index (χ1) is 4.64. The average molecular weight is 138 g/mol. The Balaban J connectivity index is 2.15. The Kier molecular flexibility index (Phi) is 1.19. The molecule has 2 fully saturated rings. The van der Waals surface area contributed by atoms with E-state index < -0.39 is 0 Å². The van der Waals surface area contributed by atoms with Crippen molar-refractivity contribution in [3.8, 4) is 0 Å². The highest BCUT2D eigenvalue weighted by Crippen LogP contribution is 2.62. The first kappa shape index (κ1) is 6.69. The first-order valence-corrected chi connectivity index (χ1v) is 4.64. The van der Waals surface area contributed by atoms with Crippen LogP contribution in [0.25, 0.3) is 0 Å². The molecule has 0 saturated heterocycles. The summed E-state index contributed by atoms with van der Waals surface area (Å²) in [7, 11) is 0. The molecule has 0 heteroatoms. The van der Waals surface area contributed by atoms with Gasteiger partial charge in [-0.2, -0.15) is 0 Å². The molecule has 0 spiro atoms. The minimum absolute atomic E-state index is 0.682. The zero-order valence-corrected chi connectivity index (χ0v) is 7.35. The van der Waals surface area contributed by atoms with Crippen LogP contribution >= 0.6 is 0 Å². The molecule has 0 aromatic carbocycles. The zero-order valence-electron chi connectivity index (χ0n) is 7.35. The highest BCUT2D eigenvalue weighted by molar-refractivity contribution is 5.03. The van der Waals surface area contributed by atoms with Crippen LogP contribution in [0.15, 0.2) is 0 Å². The summed E-state index contributed by atoms with van der Waals surface area (Å²) in [6.07, 6.45) is 4.54. The molecule has 0 aromatic heterocycles. The fraction of sp³-hybridized carbons (Fsp3) is 1.00. The molecular weight excluding hydrogens is 120 g/mol. The Labute approximate surface area is 64.0 Å². The highest BCUT2D eigenvalue weighted by Gasteiger charge is 2.54. The van der Waals surface area contributed by atoms with Gasteiger partial charge < -0.3 is 0 Å². The molecule has 58 valence electrons. The molecule has 2 saturated carbocycles. The van der Waals surface area contributed by atoms with Crippen LogP contribution in [0.1, 0.15) is 40.0 Å². The van der Waals surface area contributed by atoms with Crippen molar-refractivity contribution >= 4 is 0 Å². The lowest BCUT2D eigenvalue weighted by molar-refractivity contribution is -0.0648. The topological polar surface area (TPSA) is 0 Å². The monoisotopic (exact) mass is 138 g/mol. The second-order valence-electron chi connectivity index (χ2n) is 4.81. The molecule has 0 amide bonds. The van der Waals surface area contributed by atoms with Crippen molar-refractivity contribution in [3.05, 3.63) is 0 Å². The van der Waals surface area contributed by atoms with Gasteiger partial charge in [0.2, 0.25) is 0 Å². The van der Waals surface area contributed by atoms with Gasteiger partial charge in [-0.3, -0.25) is 0 Å². The zero-order chi connectivity index (χ0) is 7.35. The lowest BCUT2D eigenvalue weighted by atomic mass is 9.50. The molecule has 0 nitrogen and oxygen atoms in total. The van der Waals surface area contributed by atoms with Crippen LogP contribution in [0, 0.1) is 23.2 Å². The highest BCUT2D eigenvalue weighted by atomic mass is 14.6. The molecule has 2 aliphatic rings. The summed E-state index contributed by atoms with van der Waals surface area (Å²) in [5, 5.41) is 0. The summed E-state index contributed by atoms with van der Waals surface area (Å²) in [5.41, 5.74) is 0.682. The standard InChI is InChI=1S/C10H18/c1-7-8-5-4-6-9(8)10(7,2)3/h7-9H,4-6H2,1-3H3. The van der Waals surface area contributed by atoms with Crippen molar-refractivity contribution in [1.82, 2.24) is 0 Å².